The van der Waals surface area contributed by atoms with Crippen molar-refractivity contribution in [1.29, 1.82) is 0 Å². The van der Waals surface area contributed by atoms with Gasteiger partial charge in [-0.1, -0.05) is 54.6 Å². The van der Waals surface area contributed by atoms with Crippen LogP contribution < -0.4 is 16.0 Å². The summed E-state index contributed by atoms with van der Waals surface area (Å²) in [6, 6.07) is 33.6. The number of benzene rings is 3. The molecule has 3 N–H and O–H groups in total. The van der Waals surface area contributed by atoms with E-state index in [4.69, 9.17) is 17.1 Å². The fourth-order valence-electron chi connectivity index (χ4n) is 5.02. The Labute approximate surface area is 257 Å². The summed E-state index contributed by atoms with van der Waals surface area (Å²) in [6.07, 6.45) is 2.89. The lowest BCUT2D eigenvalue weighted by Crippen LogP contribution is -2.57. The van der Waals surface area contributed by atoms with Crippen molar-refractivity contribution in [1.82, 2.24) is 0 Å². The fourth-order valence-corrected chi connectivity index (χ4v) is 18.0. The summed E-state index contributed by atoms with van der Waals surface area (Å²) in [5.74, 6) is 0. The molecule has 0 radical (unpaired) electrons. The number of nitrogens with one attached hydrogen (secondary N) is 3. The van der Waals surface area contributed by atoms with Gasteiger partial charge in [0, 0.05) is 50.9 Å². The molecule has 2 unspecified atom stereocenters. The summed E-state index contributed by atoms with van der Waals surface area (Å²) in [5.41, 5.74) is 3.40. The molecule has 10 heteroatoms. The van der Waals surface area contributed by atoms with E-state index in [1.54, 1.807) is 14.2 Å². The average Bonchev–Trinajstić information content (AvgIpc) is 3.01. The van der Waals surface area contributed by atoms with E-state index < -0.39 is 25.7 Å². The Hall–Kier alpha value is -2.45. The molecule has 0 aliphatic heterocycles. The molecule has 3 aromatic rings. The summed E-state index contributed by atoms with van der Waals surface area (Å²) >= 11 is 0. The zero-order valence-electron chi connectivity index (χ0n) is 26.2. The van der Waals surface area contributed by atoms with Crippen molar-refractivity contribution in [3.63, 3.8) is 0 Å². The van der Waals surface area contributed by atoms with Gasteiger partial charge in [-0.15, -0.1) is 0 Å². The molecule has 7 nitrogen and oxygen atoms in total. The molecular formula is C32H51N3O4Si3. The highest BCUT2D eigenvalue weighted by atomic mass is 28.5. The average molecular weight is 626 g/mol. The van der Waals surface area contributed by atoms with Crippen LogP contribution in [-0.2, 0) is 17.1 Å². The lowest BCUT2D eigenvalue weighted by molar-refractivity contribution is 0.234. The molecule has 0 heterocycles. The van der Waals surface area contributed by atoms with Crippen molar-refractivity contribution in [2.75, 3.05) is 49.8 Å². The van der Waals surface area contributed by atoms with Gasteiger partial charge in [-0.05, 0) is 93.4 Å². The molecule has 0 aliphatic rings. The molecule has 0 saturated carbocycles. The topological polar surface area (TPSA) is 73.0 Å². The first-order valence-electron chi connectivity index (χ1n) is 15.1. The maximum atomic E-state index is 7.07. The predicted octanol–water partition coefficient (Wildman–Crippen LogP) is 8.04. The summed E-state index contributed by atoms with van der Waals surface area (Å²) in [5, 5.41) is 10.6. The van der Waals surface area contributed by atoms with Gasteiger partial charge in [0.15, 0.2) is 0 Å². The minimum atomic E-state index is -2.66. The summed E-state index contributed by atoms with van der Waals surface area (Å²) in [6.45, 7) is 9.19. The van der Waals surface area contributed by atoms with Crippen LogP contribution in [0.4, 0.5) is 17.1 Å². The minimum absolute atomic E-state index is 0.859. The maximum absolute atomic E-state index is 7.07. The number of rotatable bonds is 21. The van der Waals surface area contributed by atoms with Gasteiger partial charge in [-0.2, -0.15) is 0 Å². The molecule has 0 aromatic heterocycles. The Balaban J connectivity index is 1.61. The molecule has 2 atom stereocenters. The first-order valence-corrected chi connectivity index (χ1v) is 22.7. The molecule has 0 amide bonds. The van der Waals surface area contributed by atoms with E-state index in [1.165, 1.54) is 0 Å². The molecule has 3 rings (SSSR count). The summed E-state index contributed by atoms with van der Waals surface area (Å²) in [7, 11) is -4.03. The second kappa shape index (κ2) is 17.6. The highest BCUT2D eigenvalue weighted by Gasteiger charge is 2.47. The molecule has 42 heavy (non-hydrogen) atoms. The van der Waals surface area contributed by atoms with E-state index in [9.17, 15) is 0 Å². The van der Waals surface area contributed by atoms with Crippen LogP contribution in [0.5, 0.6) is 0 Å². The van der Waals surface area contributed by atoms with E-state index >= 15 is 0 Å². The largest absolute Gasteiger partial charge is 0.415 e. The third kappa shape index (κ3) is 12.4. The van der Waals surface area contributed by atoms with Gasteiger partial charge in [-0.25, -0.2) is 0 Å². The van der Waals surface area contributed by atoms with Gasteiger partial charge in [0.05, 0.1) is 0 Å². The van der Waals surface area contributed by atoms with Crippen molar-refractivity contribution in [3.05, 3.63) is 91.0 Å². The molecule has 0 aliphatic carbocycles. The van der Waals surface area contributed by atoms with Crippen LogP contribution >= 0.6 is 0 Å². The van der Waals surface area contributed by atoms with Crippen LogP contribution in [0, 0.1) is 0 Å². The van der Waals surface area contributed by atoms with Crippen LogP contribution in [-0.4, -0.2) is 59.5 Å². The number of anilines is 3. The third-order valence-corrected chi connectivity index (χ3v) is 19.9. The smallest absolute Gasteiger partial charge is 0.325 e. The van der Waals surface area contributed by atoms with Crippen LogP contribution in [0.1, 0.15) is 19.3 Å². The zero-order chi connectivity index (χ0) is 30.2. The van der Waals surface area contributed by atoms with Crippen molar-refractivity contribution >= 4 is 42.7 Å². The van der Waals surface area contributed by atoms with Crippen LogP contribution in [0.3, 0.4) is 0 Å². The second-order valence-corrected chi connectivity index (χ2v) is 22.0. The van der Waals surface area contributed by atoms with E-state index in [1.807, 2.05) is 18.2 Å². The Morgan fingerprint density at radius 3 is 1.02 bits per heavy atom. The molecule has 0 spiro atoms. The number of hydrogen-bond donors (Lipinski definition) is 3. The first-order chi connectivity index (χ1) is 20.3. The minimum Gasteiger partial charge on any atom is -0.415 e. The third-order valence-electron chi connectivity index (χ3n) is 7.46. The summed E-state index contributed by atoms with van der Waals surface area (Å²) in [4.78, 5) is 0. The molecular weight excluding hydrogens is 575 g/mol. The Kier molecular flexibility index (Phi) is 14.3. The monoisotopic (exact) mass is 625 g/mol. The molecule has 0 saturated heterocycles. The van der Waals surface area contributed by atoms with Crippen LogP contribution in [0.2, 0.25) is 37.8 Å². The van der Waals surface area contributed by atoms with Gasteiger partial charge in [0.2, 0.25) is 0 Å². The van der Waals surface area contributed by atoms with Crippen molar-refractivity contribution < 1.29 is 17.1 Å². The van der Waals surface area contributed by atoms with Crippen molar-refractivity contribution in [3.8, 4) is 0 Å². The quantitative estimate of drug-likeness (QED) is 0.0817. The second-order valence-electron chi connectivity index (χ2n) is 11.2. The zero-order valence-corrected chi connectivity index (χ0v) is 29.2. The van der Waals surface area contributed by atoms with Crippen molar-refractivity contribution in [2.45, 2.75) is 57.0 Å². The first kappa shape index (κ1) is 34.0. The standard InChI is InChI=1S/C32H51N3O4Si3/c1-36-40(3,27-15-24-33-30-18-9-6-10-19-30)38-42(5,29-17-26-35-32-22-13-8-14-23-32)39-41(4,37-2)28-16-25-34-31-20-11-7-12-21-31/h6-14,18-23,33-35H,15-17,24-29H2,1-5H3. The highest BCUT2D eigenvalue weighted by Crippen LogP contribution is 2.30. The van der Waals surface area contributed by atoms with Crippen LogP contribution in [0.25, 0.3) is 0 Å². The predicted molar refractivity (Wildman–Crippen MR) is 184 cm³/mol. The van der Waals surface area contributed by atoms with E-state index in [0.29, 0.717) is 0 Å². The molecule has 3 aromatic carbocycles. The summed E-state index contributed by atoms with van der Waals surface area (Å²) < 4.78 is 26.4. The van der Waals surface area contributed by atoms with E-state index in [-0.39, 0.29) is 0 Å². The van der Waals surface area contributed by atoms with E-state index in [2.05, 4.69) is 108 Å². The van der Waals surface area contributed by atoms with Gasteiger partial charge in [0.1, 0.15) is 0 Å². The SMILES string of the molecule is CO[Si](C)(CCCNc1ccccc1)O[Si](C)(CCCNc1ccccc1)O[Si](C)(CCCNc1ccccc1)OC. The van der Waals surface area contributed by atoms with Crippen LogP contribution in [0.15, 0.2) is 91.0 Å². The van der Waals surface area contributed by atoms with Gasteiger partial charge >= 0.3 is 25.7 Å². The van der Waals surface area contributed by atoms with Gasteiger partial charge in [-0.3, -0.25) is 0 Å². The molecule has 0 bridgehead atoms. The Bertz CT molecular complexity index is 1070. The molecule has 230 valence electrons. The Morgan fingerprint density at radius 1 is 0.452 bits per heavy atom. The fraction of sp³-hybridized carbons (Fsp3) is 0.438. The number of para-hydroxylation sites is 3. The van der Waals surface area contributed by atoms with Gasteiger partial charge in [0.25, 0.3) is 0 Å². The lowest BCUT2D eigenvalue weighted by atomic mass is 10.3. The highest BCUT2D eigenvalue weighted by molar-refractivity contribution is 6.85. The Morgan fingerprint density at radius 2 is 0.738 bits per heavy atom. The normalized spacial score (nSPS) is 15.6. The molecule has 0 fully saturated rings. The number of hydrogen-bond acceptors (Lipinski definition) is 7. The van der Waals surface area contributed by atoms with Crippen molar-refractivity contribution in [2.24, 2.45) is 0 Å². The van der Waals surface area contributed by atoms with E-state index in [0.717, 1.165) is 74.1 Å². The lowest BCUT2D eigenvalue weighted by Gasteiger charge is -2.41. The maximum Gasteiger partial charge on any atom is 0.325 e. The van der Waals surface area contributed by atoms with Gasteiger partial charge < -0.3 is 33.0 Å².